The molecule has 8 aromatic rings. The zero-order valence-corrected chi connectivity index (χ0v) is 25.4. The molecule has 8 bridgehead atoms. The summed E-state index contributed by atoms with van der Waals surface area (Å²) in [5, 5.41) is 4.60. The largest absolute Gasteiger partial charge is 0.355 e. The highest BCUT2D eigenvalue weighted by Crippen LogP contribution is 2.24. The molecule has 0 atom stereocenters. The maximum absolute atomic E-state index is 4.63. The molecule has 0 radical (unpaired) electrons. The van der Waals surface area contributed by atoms with Crippen molar-refractivity contribution in [2.45, 2.75) is 0 Å². The fourth-order valence-corrected chi connectivity index (χ4v) is 6.14. The first-order valence-corrected chi connectivity index (χ1v) is 15.7. The van der Waals surface area contributed by atoms with Crippen LogP contribution in [0.25, 0.3) is 78.5 Å². The molecule has 7 nitrogen and oxygen atoms in total. The van der Waals surface area contributed by atoms with Gasteiger partial charge in [0.15, 0.2) is 0 Å². The van der Waals surface area contributed by atoms with Gasteiger partial charge in [-0.3, -0.25) is 4.98 Å². The smallest absolute Gasteiger partial charge is 0.141 e. The van der Waals surface area contributed by atoms with Crippen LogP contribution in [0.5, 0.6) is 0 Å². The van der Waals surface area contributed by atoms with Gasteiger partial charge in [-0.2, -0.15) is 0 Å². The Labute approximate surface area is 267 Å². The van der Waals surface area contributed by atoms with E-state index >= 15 is 0 Å². The first-order chi connectivity index (χ1) is 22.7. The number of hydrogen-bond acceptors (Lipinski definition) is 5. The molecule has 0 saturated heterocycles. The Hall–Kier alpha value is -6.12. The van der Waals surface area contributed by atoms with Crippen molar-refractivity contribution in [1.29, 1.82) is 0 Å². The number of H-pyrrole nitrogens is 3. The van der Waals surface area contributed by atoms with Gasteiger partial charge in [-0.1, -0.05) is 36.4 Å². The maximum atomic E-state index is 4.63. The zero-order valence-electron chi connectivity index (χ0n) is 24.6. The van der Waals surface area contributed by atoms with E-state index in [0.717, 1.165) is 55.2 Å². The molecule has 46 heavy (non-hydrogen) atoms. The minimum absolute atomic E-state index is 0.939. The number of hydrogen-bond donors (Lipinski definition) is 3. The first kappa shape index (κ1) is 27.4. The molecule has 10 rings (SSSR count). The number of para-hydroxylation sites is 2. The van der Waals surface area contributed by atoms with Gasteiger partial charge in [-0.15, -0.1) is 11.3 Å². The number of nitrogens with zero attached hydrogens (tertiary/aromatic N) is 4. The lowest BCUT2D eigenvalue weighted by Gasteiger charge is -1.87. The normalized spacial score (nSPS) is 11.7. The third kappa shape index (κ3) is 5.97. The maximum Gasteiger partial charge on any atom is 0.141 e. The van der Waals surface area contributed by atoms with E-state index in [9.17, 15) is 0 Å². The van der Waals surface area contributed by atoms with Gasteiger partial charge >= 0.3 is 0 Å². The highest BCUT2D eigenvalue weighted by atomic mass is 32.1. The fourth-order valence-electron chi connectivity index (χ4n) is 5.45. The molecule has 0 saturated carbocycles. The lowest BCUT2D eigenvalue weighted by molar-refractivity contribution is 1.31. The van der Waals surface area contributed by atoms with Crippen LogP contribution in [0.2, 0.25) is 0 Å². The molecule has 0 spiro atoms. The monoisotopic (exact) mass is 613 g/mol. The van der Waals surface area contributed by atoms with Crippen LogP contribution < -0.4 is 0 Å². The molecule has 2 aliphatic heterocycles. The first-order valence-electron chi connectivity index (χ1n) is 14.9. The lowest BCUT2D eigenvalue weighted by atomic mass is 10.2. The fraction of sp³-hybridized carbons (Fsp3) is 0. The predicted molar refractivity (Wildman–Crippen MR) is 192 cm³/mol. The predicted octanol–water partition coefficient (Wildman–Crippen LogP) is 9.67. The summed E-state index contributed by atoms with van der Waals surface area (Å²) < 4.78 is 0. The minimum Gasteiger partial charge on any atom is -0.355 e. The van der Waals surface area contributed by atoms with Crippen molar-refractivity contribution in [2.24, 2.45) is 0 Å². The summed E-state index contributed by atoms with van der Waals surface area (Å²) >= 11 is 1.61. The highest BCUT2D eigenvalue weighted by molar-refractivity contribution is 7.16. The second-order valence-corrected chi connectivity index (χ2v) is 11.7. The molecule has 2 aliphatic rings. The van der Waals surface area contributed by atoms with Crippen molar-refractivity contribution in [3.05, 3.63) is 144 Å². The molecule has 6 aromatic heterocycles. The standard InChI is InChI=1S/C20H14N4.C12H9N.C6H4N2S/c1-2-14-10-16-5-6-18(23-16)12-20-8-7-19(24-20)11-17-4-3-15(22-17)9-13(1)21-14;1-3-7-11-9(5-1)10-6-2-4-8-12(10)13-11;1-4-9-6-5(1)7-2-3-8-6/h1-12,21,24H;1-8,13H;1-4H. The van der Waals surface area contributed by atoms with Crippen molar-refractivity contribution in [3.8, 4) is 0 Å². The molecule has 0 amide bonds. The van der Waals surface area contributed by atoms with Crippen LogP contribution in [-0.4, -0.2) is 34.9 Å². The van der Waals surface area contributed by atoms with E-state index in [-0.39, 0.29) is 0 Å². The Kier molecular flexibility index (Phi) is 7.22. The van der Waals surface area contributed by atoms with E-state index in [1.165, 1.54) is 21.8 Å². The van der Waals surface area contributed by atoms with E-state index in [0.29, 0.717) is 0 Å². The van der Waals surface area contributed by atoms with E-state index < -0.39 is 0 Å². The number of rotatable bonds is 0. The van der Waals surface area contributed by atoms with E-state index in [1.807, 2.05) is 60.0 Å². The highest BCUT2D eigenvalue weighted by Gasteiger charge is 2.02. The molecular weight excluding hydrogens is 587 g/mol. The molecule has 2 aromatic carbocycles. The quantitative estimate of drug-likeness (QED) is 0.159. The lowest BCUT2D eigenvalue weighted by Crippen LogP contribution is -1.75. The average Bonchev–Trinajstić information content (AvgIpc) is 3.93. The molecular formula is C38H27N7S. The molecule has 0 unspecified atom stereocenters. The van der Waals surface area contributed by atoms with Crippen molar-refractivity contribution in [3.63, 3.8) is 0 Å². The number of nitrogens with one attached hydrogen (secondary N) is 3. The molecule has 3 N–H and O–H groups in total. The summed E-state index contributed by atoms with van der Waals surface area (Å²) in [6.45, 7) is 0. The summed E-state index contributed by atoms with van der Waals surface area (Å²) in [4.78, 5) is 28.6. The van der Waals surface area contributed by atoms with Crippen LogP contribution in [0.4, 0.5) is 0 Å². The van der Waals surface area contributed by atoms with Crippen molar-refractivity contribution in [1.82, 2.24) is 34.9 Å². The number of thiophene rings is 1. The topological polar surface area (TPSA) is 98.9 Å². The minimum atomic E-state index is 0.939. The molecule has 220 valence electrons. The average molecular weight is 614 g/mol. The summed E-state index contributed by atoms with van der Waals surface area (Å²) in [6.07, 6.45) is 11.5. The molecule has 8 heteroatoms. The number of aromatic amines is 3. The SMILES string of the molecule is C1=Cc2cc3ccc(cc4nc(cc5ccc(cc1n2)[nH]5)C=C4)[nH]3.c1ccc2c(c1)[nH]c1ccccc12.c1cnc2sccc2n1. The molecule has 0 fully saturated rings. The Balaban J connectivity index is 0.000000118. The summed E-state index contributed by atoms with van der Waals surface area (Å²) in [7, 11) is 0. The molecule has 8 heterocycles. The van der Waals surface area contributed by atoms with Crippen molar-refractivity contribution in [2.75, 3.05) is 0 Å². The van der Waals surface area contributed by atoms with Gasteiger partial charge in [0.25, 0.3) is 0 Å². The van der Waals surface area contributed by atoms with Crippen LogP contribution in [0.1, 0.15) is 22.8 Å². The number of aromatic nitrogens is 7. The second kappa shape index (κ2) is 12.1. The summed E-state index contributed by atoms with van der Waals surface area (Å²) in [6, 6.07) is 35.1. The van der Waals surface area contributed by atoms with Crippen molar-refractivity contribution >= 4 is 89.9 Å². The van der Waals surface area contributed by atoms with E-state index in [1.54, 1.807) is 23.7 Å². The van der Waals surface area contributed by atoms with E-state index in [2.05, 4.69) is 108 Å². The third-order valence-corrected chi connectivity index (χ3v) is 8.36. The Morgan fingerprint density at radius 3 is 1.39 bits per heavy atom. The Bertz CT molecular complexity index is 2310. The van der Waals surface area contributed by atoms with E-state index in [4.69, 9.17) is 0 Å². The van der Waals surface area contributed by atoms with Gasteiger partial charge in [0.2, 0.25) is 0 Å². The Morgan fingerprint density at radius 1 is 0.457 bits per heavy atom. The van der Waals surface area contributed by atoms with Gasteiger partial charge in [0.1, 0.15) is 4.83 Å². The zero-order chi connectivity index (χ0) is 30.7. The second-order valence-electron chi connectivity index (χ2n) is 10.8. The van der Waals surface area contributed by atoms with Crippen LogP contribution in [0.3, 0.4) is 0 Å². The van der Waals surface area contributed by atoms with Gasteiger partial charge in [-0.25, -0.2) is 15.0 Å². The van der Waals surface area contributed by atoms with Gasteiger partial charge < -0.3 is 15.0 Å². The van der Waals surface area contributed by atoms with Crippen LogP contribution in [0, 0.1) is 0 Å². The Morgan fingerprint density at radius 2 is 0.913 bits per heavy atom. The molecule has 0 aliphatic carbocycles. The van der Waals surface area contributed by atoms with Crippen LogP contribution >= 0.6 is 11.3 Å². The number of benzene rings is 2. The van der Waals surface area contributed by atoms with Gasteiger partial charge in [0, 0.05) is 56.3 Å². The van der Waals surface area contributed by atoms with Crippen LogP contribution in [-0.2, 0) is 0 Å². The van der Waals surface area contributed by atoms with Gasteiger partial charge in [-0.05, 0) is 96.4 Å². The summed E-state index contributed by atoms with van der Waals surface area (Å²) in [5.74, 6) is 0. The van der Waals surface area contributed by atoms with Crippen LogP contribution in [0.15, 0.2) is 121 Å². The summed E-state index contributed by atoms with van der Waals surface area (Å²) in [5.41, 5.74) is 11.3. The third-order valence-electron chi connectivity index (χ3n) is 7.55. The number of fused-ring (bicyclic) bond motifs is 12. The van der Waals surface area contributed by atoms with Gasteiger partial charge in [0.05, 0.1) is 28.3 Å². The van der Waals surface area contributed by atoms with Crippen molar-refractivity contribution < 1.29 is 0 Å².